The van der Waals surface area contributed by atoms with Crippen LogP contribution in [0.15, 0.2) is 0 Å². The second-order valence-electron chi connectivity index (χ2n) is 3.38. The van der Waals surface area contributed by atoms with Crippen LogP contribution in [0.2, 0.25) is 0 Å². The van der Waals surface area contributed by atoms with Crippen LogP contribution < -0.4 is 0 Å². The van der Waals surface area contributed by atoms with Gasteiger partial charge in [-0.15, -0.1) is 0 Å². The van der Waals surface area contributed by atoms with E-state index in [4.69, 9.17) is 0 Å². The normalized spacial score (nSPS) is 21.5. The number of likely N-dealkylation sites (N-methyl/N-ethyl adjacent to an activating group) is 1. The fraction of sp³-hybridized carbons (Fsp3) is 0.875. The highest BCUT2D eigenvalue weighted by Crippen LogP contribution is 2.04. The van der Waals surface area contributed by atoms with Crippen LogP contribution in [-0.2, 0) is 4.79 Å². The van der Waals surface area contributed by atoms with Gasteiger partial charge in [-0.25, -0.2) is 0 Å². The zero-order valence-electron chi connectivity index (χ0n) is 7.50. The molecule has 11 heavy (non-hydrogen) atoms. The predicted molar refractivity (Wildman–Crippen MR) is 44.3 cm³/mol. The Labute approximate surface area is 68.0 Å². The third-order valence-electron chi connectivity index (χ3n) is 2.22. The molecule has 1 saturated heterocycles. The lowest BCUT2D eigenvalue weighted by molar-refractivity contribution is -0.135. The molecule has 1 heterocycles. The second kappa shape index (κ2) is 3.22. The summed E-state index contributed by atoms with van der Waals surface area (Å²) in [6, 6.07) is 0.493. The maximum Gasteiger partial charge on any atom is 0.236 e. The van der Waals surface area contributed by atoms with Gasteiger partial charge in [0.1, 0.15) is 0 Å². The molecule has 3 nitrogen and oxygen atoms in total. The van der Waals surface area contributed by atoms with E-state index in [1.54, 1.807) is 4.90 Å². The van der Waals surface area contributed by atoms with E-state index in [9.17, 15) is 4.79 Å². The molecule has 0 spiro atoms. The summed E-state index contributed by atoms with van der Waals surface area (Å²) in [6.45, 7) is 6.72. The van der Waals surface area contributed by atoms with Crippen molar-refractivity contribution in [2.75, 3.05) is 26.7 Å². The molecule has 0 aromatic heterocycles. The van der Waals surface area contributed by atoms with E-state index in [1.807, 2.05) is 7.05 Å². The predicted octanol–water partition coefficient (Wildman–Crippen LogP) is 0.169. The number of carbonyl (C=O) groups excluding carboxylic acids is 1. The first-order chi connectivity index (χ1) is 5.11. The topological polar surface area (TPSA) is 23.6 Å². The Morgan fingerprint density at radius 2 is 2.00 bits per heavy atom. The van der Waals surface area contributed by atoms with Gasteiger partial charge >= 0.3 is 0 Å². The van der Waals surface area contributed by atoms with Gasteiger partial charge in [0.05, 0.1) is 6.54 Å². The van der Waals surface area contributed by atoms with Gasteiger partial charge in [0.15, 0.2) is 0 Å². The van der Waals surface area contributed by atoms with E-state index >= 15 is 0 Å². The van der Waals surface area contributed by atoms with E-state index in [-0.39, 0.29) is 5.91 Å². The number of hydrogen-bond donors (Lipinski definition) is 0. The SMILES string of the molecule is CC(C)N1CCN(C)C(=O)C1. The average molecular weight is 156 g/mol. The smallest absolute Gasteiger partial charge is 0.236 e. The highest BCUT2D eigenvalue weighted by Gasteiger charge is 2.21. The van der Waals surface area contributed by atoms with Crippen LogP contribution in [0.3, 0.4) is 0 Å². The second-order valence-corrected chi connectivity index (χ2v) is 3.38. The van der Waals surface area contributed by atoms with Gasteiger partial charge in [-0.3, -0.25) is 9.69 Å². The van der Waals surface area contributed by atoms with Crippen molar-refractivity contribution in [3.63, 3.8) is 0 Å². The van der Waals surface area contributed by atoms with Crippen molar-refractivity contribution >= 4 is 5.91 Å². The van der Waals surface area contributed by atoms with Crippen LogP contribution in [0, 0.1) is 0 Å². The maximum absolute atomic E-state index is 11.2. The first-order valence-electron chi connectivity index (χ1n) is 4.09. The fourth-order valence-corrected chi connectivity index (χ4v) is 1.22. The standard InChI is InChI=1S/C8H16N2O/c1-7(2)10-5-4-9(3)8(11)6-10/h7H,4-6H2,1-3H3. The summed E-state index contributed by atoms with van der Waals surface area (Å²) >= 11 is 0. The molecular weight excluding hydrogens is 140 g/mol. The molecule has 0 aromatic rings. The highest BCUT2D eigenvalue weighted by molar-refractivity contribution is 5.78. The molecule has 0 aromatic carbocycles. The van der Waals surface area contributed by atoms with Crippen molar-refractivity contribution in [3.05, 3.63) is 0 Å². The molecule has 1 rings (SSSR count). The van der Waals surface area contributed by atoms with E-state index in [0.29, 0.717) is 12.6 Å². The van der Waals surface area contributed by atoms with Crippen molar-refractivity contribution < 1.29 is 4.79 Å². The van der Waals surface area contributed by atoms with Crippen molar-refractivity contribution in [2.45, 2.75) is 19.9 Å². The Hall–Kier alpha value is -0.570. The third-order valence-corrected chi connectivity index (χ3v) is 2.22. The first kappa shape index (κ1) is 8.53. The summed E-state index contributed by atoms with van der Waals surface area (Å²) in [5.74, 6) is 0.241. The van der Waals surface area contributed by atoms with E-state index in [0.717, 1.165) is 13.1 Å². The zero-order valence-corrected chi connectivity index (χ0v) is 7.50. The first-order valence-corrected chi connectivity index (χ1v) is 4.09. The third kappa shape index (κ3) is 1.93. The monoisotopic (exact) mass is 156 g/mol. The fourth-order valence-electron chi connectivity index (χ4n) is 1.22. The van der Waals surface area contributed by atoms with Crippen LogP contribution in [0.5, 0.6) is 0 Å². The molecule has 1 amide bonds. The summed E-state index contributed by atoms with van der Waals surface area (Å²) in [5.41, 5.74) is 0. The van der Waals surface area contributed by atoms with Crippen molar-refractivity contribution in [1.82, 2.24) is 9.80 Å². The Kier molecular flexibility index (Phi) is 2.49. The molecule has 1 aliphatic rings. The minimum Gasteiger partial charge on any atom is -0.343 e. The lowest BCUT2D eigenvalue weighted by Gasteiger charge is -2.34. The summed E-state index contributed by atoms with van der Waals surface area (Å²) < 4.78 is 0. The van der Waals surface area contributed by atoms with Gasteiger partial charge in [0.2, 0.25) is 5.91 Å². The number of carbonyl (C=O) groups is 1. The van der Waals surface area contributed by atoms with E-state index in [2.05, 4.69) is 18.7 Å². The molecule has 0 atom stereocenters. The van der Waals surface area contributed by atoms with Gasteiger partial charge in [-0.05, 0) is 13.8 Å². The van der Waals surface area contributed by atoms with Crippen molar-refractivity contribution in [3.8, 4) is 0 Å². The number of hydrogen-bond acceptors (Lipinski definition) is 2. The molecule has 0 bridgehead atoms. The number of amides is 1. The Morgan fingerprint density at radius 3 is 2.45 bits per heavy atom. The van der Waals surface area contributed by atoms with Crippen LogP contribution >= 0.6 is 0 Å². The van der Waals surface area contributed by atoms with Crippen molar-refractivity contribution in [1.29, 1.82) is 0 Å². The molecule has 3 heteroatoms. The minimum absolute atomic E-state index is 0.241. The summed E-state index contributed by atoms with van der Waals surface area (Å²) in [5, 5.41) is 0. The van der Waals surface area contributed by atoms with Crippen LogP contribution in [0.4, 0.5) is 0 Å². The molecule has 1 aliphatic heterocycles. The van der Waals surface area contributed by atoms with Crippen LogP contribution in [-0.4, -0.2) is 48.4 Å². The van der Waals surface area contributed by atoms with Crippen molar-refractivity contribution in [2.24, 2.45) is 0 Å². The zero-order chi connectivity index (χ0) is 8.43. The summed E-state index contributed by atoms with van der Waals surface area (Å²) in [6.07, 6.45) is 0. The quantitative estimate of drug-likeness (QED) is 0.540. The highest BCUT2D eigenvalue weighted by atomic mass is 16.2. The maximum atomic E-state index is 11.2. The largest absolute Gasteiger partial charge is 0.343 e. The van der Waals surface area contributed by atoms with Gasteiger partial charge in [0, 0.05) is 26.2 Å². The Bertz CT molecular complexity index is 156. The van der Waals surface area contributed by atoms with Gasteiger partial charge in [-0.2, -0.15) is 0 Å². The molecule has 1 fully saturated rings. The van der Waals surface area contributed by atoms with Crippen LogP contribution in [0.25, 0.3) is 0 Å². The van der Waals surface area contributed by atoms with E-state index < -0.39 is 0 Å². The number of nitrogens with zero attached hydrogens (tertiary/aromatic N) is 2. The van der Waals surface area contributed by atoms with Gasteiger partial charge in [-0.1, -0.05) is 0 Å². The molecule has 0 radical (unpaired) electrons. The molecule has 0 saturated carbocycles. The molecule has 0 N–H and O–H groups in total. The molecule has 0 unspecified atom stereocenters. The number of piperazine rings is 1. The van der Waals surface area contributed by atoms with Crippen LogP contribution in [0.1, 0.15) is 13.8 Å². The number of rotatable bonds is 1. The Balaban J connectivity index is 2.46. The molecule has 0 aliphatic carbocycles. The lowest BCUT2D eigenvalue weighted by Crippen LogP contribution is -2.50. The summed E-state index contributed by atoms with van der Waals surface area (Å²) in [7, 11) is 1.86. The van der Waals surface area contributed by atoms with Gasteiger partial charge < -0.3 is 4.90 Å². The lowest BCUT2D eigenvalue weighted by atomic mass is 10.2. The molecular formula is C8H16N2O. The average Bonchev–Trinajstić information content (AvgIpc) is 1.94. The van der Waals surface area contributed by atoms with E-state index in [1.165, 1.54) is 0 Å². The molecule has 64 valence electrons. The Morgan fingerprint density at radius 1 is 1.36 bits per heavy atom. The minimum atomic E-state index is 0.241. The summed E-state index contributed by atoms with van der Waals surface area (Å²) in [4.78, 5) is 15.2. The van der Waals surface area contributed by atoms with Gasteiger partial charge in [0.25, 0.3) is 0 Å².